The normalized spacial score (nSPS) is 11.8. The maximum Gasteiger partial charge on any atom is 0.273 e. The van der Waals surface area contributed by atoms with Gasteiger partial charge in [0.2, 0.25) is 0 Å². The van der Waals surface area contributed by atoms with Gasteiger partial charge in [0.25, 0.3) is 5.91 Å². The van der Waals surface area contributed by atoms with Crippen LogP contribution < -0.4 is 0 Å². The molecule has 0 radical (unpaired) electrons. The van der Waals surface area contributed by atoms with Crippen molar-refractivity contribution in [3.8, 4) is 6.07 Å². The third-order valence-corrected chi connectivity index (χ3v) is 3.24. The molecule has 1 aromatic heterocycles. The molecule has 0 aliphatic carbocycles. The fraction of sp³-hybridized carbons (Fsp3) is 0.267. The molecule has 0 spiro atoms. The Hall–Kier alpha value is -2.41. The Morgan fingerprint density at radius 3 is 2.89 bits per heavy atom. The Morgan fingerprint density at radius 2 is 2.16 bits per heavy atom. The summed E-state index contributed by atoms with van der Waals surface area (Å²) in [6.07, 6.45) is 1.95. The van der Waals surface area contributed by atoms with Crippen LogP contribution in [0, 0.1) is 11.3 Å². The molecule has 0 saturated heterocycles. The van der Waals surface area contributed by atoms with Gasteiger partial charge in [0.1, 0.15) is 5.69 Å². The smallest absolute Gasteiger partial charge is 0.273 e. The van der Waals surface area contributed by atoms with E-state index in [-0.39, 0.29) is 11.9 Å². The number of benzene rings is 1. The predicted molar refractivity (Wildman–Crippen MR) is 73.5 cm³/mol. The van der Waals surface area contributed by atoms with Gasteiger partial charge in [-0.2, -0.15) is 5.26 Å². The fourth-order valence-electron chi connectivity index (χ4n) is 1.93. The molecule has 0 aliphatic heterocycles. The number of fused-ring (bicyclic) bond motifs is 1. The van der Waals surface area contributed by atoms with Gasteiger partial charge in [-0.15, -0.1) is 0 Å². The summed E-state index contributed by atoms with van der Waals surface area (Å²) in [4.78, 5) is 18.2. The SMILES string of the molecule is CC(CC#N)N(C)C(=O)c1nccc2ccccc12. The highest BCUT2D eigenvalue weighted by Crippen LogP contribution is 2.18. The second kappa shape index (κ2) is 5.49. The zero-order valence-corrected chi connectivity index (χ0v) is 11.0. The van der Waals surface area contributed by atoms with Crippen LogP contribution in [0.15, 0.2) is 36.5 Å². The lowest BCUT2D eigenvalue weighted by Gasteiger charge is -2.23. The number of hydrogen-bond acceptors (Lipinski definition) is 3. The quantitative estimate of drug-likeness (QED) is 0.844. The van der Waals surface area contributed by atoms with Gasteiger partial charge in [-0.05, 0) is 18.4 Å². The van der Waals surface area contributed by atoms with Crippen molar-refractivity contribution in [3.05, 3.63) is 42.2 Å². The van der Waals surface area contributed by atoms with Gasteiger partial charge in [0, 0.05) is 24.7 Å². The van der Waals surface area contributed by atoms with Crippen molar-refractivity contribution in [2.24, 2.45) is 0 Å². The van der Waals surface area contributed by atoms with Crippen LogP contribution in [-0.2, 0) is 0 Å². The molecule has 96 valence electrons. The summed E-state index contributed by atoms with van der Waals surface area (Å²) in [5.41, 5.74) is 0.436. The number of carbonyl (C=O) groups excluding carboxylic acids is 1. The van der Waals surface area contributed by atoms with Crippen molar-refractivity contribution in [1.82, 2.24) is 9.88 Å². The zero-order valence-electron chi connectivity index (χ0n) is 11.0. The number of rotatable bonds is 3. The number of nitrogens with zero attached hydrogens (tertiary/aromatic N) is 3. The van der Waals surface area contributed by atoms with Crippen LogP contribution in [-0.4, -0.2) is 28.9 Å². The fourth-order valence-corrected chi connectivity index (χ4v) is 1.93. The van der Waals surface area contributed by atoms with Crippen LogP contribution in [0.5, 0.6) is 0 Å². The van der Waals surface area contributed by atoms with E-state index in [1.54, 1.807) is 18.1 Å². The largest absolute Gasteiger partial charge is 0.337 e. The first-order valence-corrected chi connectivity index (χ1v) is 6.13. The minimum Gasteiger partial charge on any atom is -0.337 e. The van der Waals surface area contributed by atoms with E-state index in [9.17, 15) is 4.79 Å². The lowest BCUT2D eigenvalue weighted by atomic mass is 10.1. The molecule has 1 unspecified atom stereocenters. The molecule has 2 rings (SSSR count). The van der Waals surface area contributed by atoms with E-state index in [0.29, 0.717) is 12.1 Å². The molecule has 0 saturated carbocycles. The van der Waals surface area contributed by atoms with E-state index in [4.69, 9.17) is 5.26 Å². The molecule has 0 fully saturated rings. The third kappa shape index (κ3) is 2.55. The molecule has 19 heavy (non-hydrogen) atoms. The second-order valence-corrected chi connectivity index (χ2v) is 4.51. The topological polar surface area (TPSA) is 57.0 Å². The first-order valence-electron chi connectivity index (χ1n) is 6.13. The van der Waals surface area contributed by atoms with Gasteiger partial charge in [-0.3, -0.25) is 9.78 Å². The van der Waals surface area contributed by atoms with Gasteiger partial charge in [-0.1, -0.05) is 24.3 Å². The van der Waals surface area contributed by atoms with Gasteiger partial charge in [-0.25, -0.2) is 0 Å². The van der Waals surface area contributed by atoms with E-state index in [0.717, 1.165) is 10.8 Å². The van der Waals surface area contributed by atoms with Crippen molar-refractivity contribution >= 4 is 16.7 Å². The number of aromatic nitrogens is 1. The lowest BCUT2D eigenvalue weighted by molar-refractivity contribution is 0.0742. The minimum absolute atomic E-state index is 0.127. The minimum atomic E-state index is -0.153. The first kappa shape index (κ1) is 13.0. The van der Waals surface area contributed by atoms with E-state index in [1.807, 2.05) is 37.3 Å². The Labute approximate surface area is 112 Å². The molecule has 0 bridgehead atoms. The van der Waals surface area contributed by atoms with Crippen molar-refractivity contribution in [2.45, 2.75) is 19.4 Å². The van der Waals surface area contributed by atoms with Crippen molar-refractivity contribution in [1.29, 1.82) is 5.26 Å². The van der Waals surface area contributed by atoms with Crippen molar-refractivity contribution in [3.63, 3.8) is 0 Å². The molecular formula is C15H15N3O. The zero-order chi connectivity index (χ0) is 13.8. The van der Waals surface area contributed by atoms with Crippen LogP contribution in [0.25, 0.3) is 10.8 Å². The van der Waals surface area contributed by atoms with Gasteiger partial charge >= 0.3 is 0 Å². The predicted octanol–water partition coefficient (Wildman–Crippen LogP) is 2.61. The number of hydrogen-bond donors (Lipinski definition) is 0. The molecule has 1 amide bonds. The summed E-state index contributed by atoms with van der Waals surface area (Å²) in [6, 6.07) is 11.5. The highest BCUT2D eigenvalue weighted by Gasteiger charge is 2.20. The molecule has 0 aliphatic rings. The highest BCUT2D eigenvalue weighted by molar-refractivity contribution is 6.05. The average molecular weight is 253 g/mol. The van der Waals surface area contributed by atoms with Crippen LogP contribution in [0.3, 0.4) is 0 Å². The Morgan fingerprint density at radius 1 is 1.42 bits per heavy atom. The highest BCUT2D eigenvalue weighted by atomic mass is 16.2. The van der Waals surface area contributed by atoms with Crippen molar-refractivity contribution < 1.29 is 4.79 Å². The second-order valence-electron chi connectivity index (χ2n) is 4.51. The molecular weight excluding hydrogens is 238 g/mol. The summed E-state index contributed by atoms with van der Waals surface area (Å²) in [5.74, 6) is -0.153. The Kier molecular flexibility index (Phi) is 3.76. The summed E-state index contributed by atoms with van der Waals surface area (Å²) >= 11 is 0. The van der Waals surface area contributed by atoms with Crippen LogP contribution in [0.4, 0.5) is 0 Å². The number of nitriles is 1. The Balaban J connectivity index is 2.39. The number of amides is 1. The lowest BCUT2D eigenvalue weighted by Crippen LogP contribution is -2.35. The average Bonchev–Trinajstić information content (AvgIpc) is 2.45. The van der Waals surface area contributed by atoms with E-state index < -0.39 is 0 Å². The van der Waals surface area contributed by atoms with E-state index in [2.05, 4.69) is 11.1 Å². The third-order valence-electron chi connectivity index (χ3n) is 3.24. The Bertz CT molecular complexity index is 640. The summed E-state index contributed by atoms with van der Waals surface area (Å²) < 4.78 is 0. The van der Waals surface area contributed by atoms with Crippen LogP contribution >= 0.6 is 0 Å². The molecule has 1 heterocycles. The molecule has 4 heteroatoms. The van der Waals surface area contributed by atoms with E-state index in [1.165, 1.54) is 0 Å². The summed E-state index contributed by atoms with van der Waals surface area (Å²) in [7, 11) is 1.70. The molecule has 2 aromatic rings. The monoisotopic (exact) mass is 253 g/mol. The number of carbonyl (C=O) groups is 1. The number of pyridine rings is 1. The first-order chi connectivity index (χ1) is 9.15. The van der Waals surface area contributed by atoms with Crippen LogP contribution in [0.1, 0.15) is 23.8 Å². The summed E-state index contributed by atoms with van der Waals surface area (Å²) in [6.45, 7) is 1.85. The standard InChI is InChI=1S/C15H15N3O/c1-11(7-9-16)18(2)15(19)14-13-6-4-3-5-12(13)8-10-17-14/h3-6,8,10-11H,7H2,1-2H3. The van der Waals surface area contributed by atoms with Gasteiger partial charge in [0.05, 0.1) is 12.5 Å². The molecule has 1 atom stereocenters. The van der Waals surface area contributed by atoms with Crippen LogP contribution in [0.2, 0.25) is 0 Å². The molecule has 0 N–H and O–H groups in total. The maximum absolute atomic E-state index is 12.4. The molecule has 1 aromatic carbocycles. The van der Waals surface area contributed by atoms with Gasteiger partial charge in [0.15, 0.2) is 0 Å². The maximum atomic E-state index is 12.4. The van der Waals surface area contributed by atoms with Gasteiger partial charge < -0.3 is 4.90 Å². The van der Waals surface area contributed by atoms with Crippen molar-refractivity contribution in [2.75, 3.05) is 7.05 Å². The van der Waals surface area contributed by atoms with E-state index >= 15 is 0 Å². The summed E-state index contributed by atoms with van der Waals surface area (Å²) in [5, 5.41) is 10.5. The molecule has 4 nitrogen and oxygen atoms in total.